The van der Waals surface area contributed by atoms with Gasteiger partial charge in [-0.25, -0.2) is 0 Å². The Morgan fingerprint density at radius 2 is 1.54 bits per heavy atom. The number of hydrogen-bond acceptors (Lipinski definition) is 3. The van der Waals surface area contributed by atoms with Crippen LogP contribution in [0.4, 0.5) is 5.69 Å². The van der Waals surface area contributed by atoms with Crippen LogP contribution in [0, 0.1) is 11.8 Å². The molecule has 2 N–H and O–H groups in total. The summed E-state index contributed by atoms with van der Waals surface area (Å²) in [4.78, 5) is 37.8. The number of likely N-dealkylation sites (tertiary alicyclic amines) is 1. The molecule has 2 amide bonds. The second kappa shape index (κ2) is 8.34. The summed E-state index contributed by atoms with van der Waals surface area (Å²) in [6.07, 6.45) is 6.02. The van der Waals surface area contributed by atoms with Gasteiger partial charge in [0.1, 0.15) is 0 Å². The Morgan fingerprint density at radius 3 is 2.12 bits per heavy atom. The fraction of sp³-hybridized carbons (Fsp3) is 0.550. The zero-order chi connectivity index (χ0) is 18.5. The Balaban J connectivity index is 1.56. The van der Waals surface area contributed by atoms with Crippen LogP contribution in [0.3, 0.4) is 0 Å². The number of carbonyl (C=O) groups is 3. The van der Waals surface area contributed by atoms with Crippen LogP contribution in [-0.4, -0.2) is 40.9 Å². The molecule has 2 atom stereocenters. The molecule has 1 aliphatic carbocycles. The number of hydrogen-bond donors (Lipinski definition) is 2. The standard InChI is InChI=1S/C20H26N2O4/c23-18(15-5-6-16(13-15)20(25)26)21-17-9-7-14(8-10-17)19(24)22-11-3-1-2-4-12-22/h7-10,15-16H,1-6,11-13H2,(H,21,23)(H,25,26)/t15-,16+/m0/s1. The van der Waals surface area contributed by atoms with Crippen LogP contribution in [-0.2, 0) is 9.59 Å². The van der Waals surface area contributed by atoms with Gasteiger partial charge in [-0.2, -0.15) is 0 Å². The highest BCUT2D eigenvalue weighted by Gasteiger charge is 2.33. The van der Waals surface area contributed by atoms with Crippen LogP contribution in [0.5, 0.6) is 0 Å². The van der Waals surface area contributed by atoms with Crippen molar-refractivity contribution < 1.29 is 19.5 Å². The maximum absolute atomic E-state index is 12.6. The predicted molar refractivity (Wildman–Crippen MR) is 97.9 cm³/mol. The summed E-state index contributed by atoms with van der Waals surface area (Å²) in [7, 11) is 0. The molecule has 3 rings (SSSR count). The minimum absolute atomic E-state index is 0.0462. The third kappa shape index (κ3) is 4.42. The van der Waals surface area contributed by atoms with E-state index < -0.39 is 11.9 Å². The van der Waals surface area contributed by atoms with E-state index in [0.29, 0.717) is 30.5 Å². The zero-order valence-electron chi connectivity index (χ0n) is 14.9. The number of nitrogens with zero attached hydrogens (tertiary/aromatic N) is 1. The van der Waals surface area contributed by atoms with E-state index >= 15 is 0 Å². The molecule has 1 saturated carbocycles. The number of carboxylic acid groups (broad SMARTS) is 1. The van der Waals surface area contributed by atoms with Gasteiger partial charge in [-0.1, -0.05) is 12.8 Å². The van der Waals surface area contributed by atoms with Gasteiger partial charge in [-0.3, -0.25) is 14.4 Å². The minimum atomic E-state index is -0.823. The third-order valence-electron chi connectivity index (χ3n) is 5.45. The first-order valence-electron chi connectivity index (χ1n) is 9.47. The average Bonchev–Trinajstić information content (AvgIpc) is 2.99. The number of carboxylic acids is 1. The Kier molecular flexibility index (Phi) is 5.91. The molecular formula is C20H26N2O4. The smallest absolute Gasteiger partial charge is 0.306 e. The lowest BCUT2D eigenvalue weighted by Gasteiger charge is -2.20. The van der Waals surface area contributed by atoms with Gasteiger partial charge in [-0.05, 0) is 56.4 Å². The summed E-state index contributed by atoms with van der Waals surface area (Å²) in [5, 5.41) is 11.9. The molecule has 0 unspecified atom stereocenters. The van der Waals surface area contributed by atoms with E-state index in [-0.39, 0.29) is 17.7 Å². The molecule has 2 aliphatic rings. The van der Waals surface area contributed by atoms with Crippen molar-refractivity contribution in [3.8, 4) is 0 Å². The van der Waals surface area contributed by atoms with E-state index in [1.165, 1.54) is 12.8 Å². The van der Waals surface area contributed by atoms with E-state index in [1.54, 1.807) is 24.3 Å². The molecule has 1 heterocycles. The Bertz CT molecular complexity index is 663. The molecule has 1 aliphatic heterocycles. The van der Waals surface area contributed by atoms with Gasteiger partial charge in [0.25, 0.3) is 5.91 Å². The fourth-order valence-electron chi connectivity index (χ4n) is 3.84. The van der Waals surface area contributed by atoms with Crippen molar-refractivity contribution in [2.24, 2.45) is 11.8 Å². The SMILES string of the molecule is O=C(O)[C@@H]1CC[C@H](C(=O)Nc2ccc(C(=O)N3CCCCCC3)cc2)C1. The Labute approximate surface area is 153 Å². The van der Waals surface area contributed by atoms with Gasteiger partial charge in [0.15, 0.2) is 0 Å². The highest BCUT2D eigenvalue weighted by atomic mass is 16.4. The Morgan fingerprint density at radius 1 is 0.923 bits per heavy atom. The second-order valence-electron chi connectivity index (χ2n) is 7.32. The molecule has 1 saturated heterocycles. The van der Waals surface area contributed by atoms with Crippen LogP contribution >= 0.6 is 0 Å². The highest BCUT2D eigenvalue weighted by molar-refractivity contribution is 5.96. The van der Waals surface area contributed by atoms with Crippen molar-refractivity contribution in [1.82, 2.24) is 4.90 Å². The first-order chi connectivity index (χ1) is 12.5. The first kappa shape index (κ1) is 18.4. The molecular weight excluding hydrogens is 332 g/mol. The van der Waals surface area contributed by atoms with Gasteiger partial charge in [0.05, 0.1) is 5.92 Å². The van der Waals surface area contributed by atoms with Crippen LogP contribution in [0.15, 0.2) is 24.3 Å². The fourth-order valence-corrected chi connectivity index (χ4v) is 3.84. The number of rotatable bonds is 4. The minimum Gasteiger partial charge on any atom is -0.481 e. The normalized spacial score (nSPS) is 23.3. The lowest BCUT2D eigenvalue weighted by atomic mass is 10.0. The first-order valence-corrected chi connectivity index (χ1v) is 9.47. The van der Waals surface area contributed by atoms with Gasteiger partial charge < -0.3 is 15.3 Å². The molecule has 6 nitrogen and oxygen atoms in total. The number of carbonyl (C=O) groups excluding carboxylic acids is 2. The molecule has 6 heteroatoms. The van der Waals surface area contributed by atoms with Crippen molar-refractivity contribution in [1.29, 1.82) is 0 Å². The molecule has 0 bridgehead atoms. The number of amides is 2. The lowest BCUT2D eigenvalue weighted by Crippen LogP contribution is -2.31. The van der Waals surface area contributed by atoms with E-state index in [0.717, 1.165) is 25.9 Å². The molecule has 26 heavy (non-hydrogen) atoms. The van der Waals surface area contributed by atoms with Crippen molar-refractivity contribution >= 4 is 23.5 Å². The van der Waals surface area contributed by atoms with E-state index in [9.17, 15) is 14.4 Å². The summed E-state index contributed by atoms with van der Waals surface area (Å²) in [5.74, 6) is -1.59. The van der Waals surface area contributed by atoms with Crippen molar-refractivity contribution in [3.63, 3.8) is 0 Å². The molecule has 2 fully saturated rings. The second-order valence-corrected chi connectivity index (χ2v) is 7.32. The van der Waals surface area contributed by atoms with Gasteiger partial charge in [-0.15, -0.1) is 0 Å². The average molecular weight is 358 g/mol. The number of anilines is 1. The predicted octanol–water partition coefficient (Wildman–Crippen LogP) is 3.14. The largest absolute Gasteiger partial charge is 0.481 e. The van der Waals surface area contributed by atoms with Gasteiger partial charge in [0, 0.05) is 30.3 Å². The van der Waals surface area contributed by atoms with E-state index in [1.807, 2.05) is 4.90 Å². The van der Waals surface area contributed by atoms with Gasteiger partial charge in [0.2, 0.25) is 5.91 Å². The highest BCUT2D eigenvalue weighted by Crippen LogP contribution is 2.32. The molecule has 0 spiro atoms. The van der Waals surface area contributed by atoms with Crippen LogP contribution in [0.1, 0.15) is 55.3 Å². The monoisotopic (exact) mass is 358 g/mol. The number of aliphatic carboxylic acids is 1. The summed E-state index contributed by atoms with van der Waals surface area (Å²) in [6.45, 7) is 1.62. The zero-order valence-corrected chi connectivity index (χ0v) is 14.9. The molecule has 140 valence electrons. The third-order valence-corrected chi connectivity index (χ3v) is 5.45. The molecule has 1 aromatic rings. The van der Waals surface area contributed by atoms with Crippen LogP contribution < -0.4 is 5.32 Å². The molecule has 0 aromatic heterocycles. The maximum Gasteiger partial charge on any atom is 0.306 e. The summed E-state index contributed by atoms with van der Waals surface area (Å²) in [5.41, 5.74) is 1.28. The van der Waals surface area contributed by atoms with E-state index in [2.05, 4.69) is 5.32 Å². The molecule has 1 aromatic carbocycles. The number of nitrogens with one attached hydrogen (secondary N) is 1. The van der Waals surface area contributed by atoms with Gasteiger partial charge >= 0.3 is 5.97 Å². The summed E-state index contributed by atoms with van der Waals surface area (Å²) < 4.78 is 0. The van der Waals surface area contributed by atoms with Crippen molar-refractivity contribution in [2.45, 2.75) is 44.9 Å². The summed E-state index contributed by atoms with van der Waals surface area (Å²) >= 11 is 0. The number of benzene rings is 1. The van der Waals surface area contributed by atoms with Crippen molar-refractivity contribution in [3.05, 3.63) is 29.8 Å². The van der Waals surface area contributed by atoms with Crippen LogP contribution in [0.25, 0.3) is 0 Å². The Hall–Kier alpha value is -2.37. The van der Waals surface area contributed by atoms with Crippen LogP contribution in [0.2, 0.25) is 0 Å². The lowest BCUT2D eigenvalue weighted by molar-refractivity contribution is -0.141. The quantitative estimate of drug-likeness (QED) is 0.866. The van der Waals surface area contributed by atoms with Crippen molar-refractivity contribution in [2.75, 3.05) is 18.4 Å². The summed E-state index contributed by atoms with van der Waals surface area (Å²) in [6, 6.07) is 6.98. The molecule has 0 radical (unpaired) electrons. The topological polar surface area (TPSA) is 86.7 Å². The maximum atomic E-state index is 12.6. The van der Waals surface area contributed by atoms with E-state index in [4.69, 9.17) is 5.11 Å².